The van der Waals surface area contributed by atoms with E-state index in [4.69, 9.17) is 14.2 Å². The lowest BCUT2D eigenvalue weighted by Crippen LogP contribution is -2.27. The van der Waals surface area contributed by atoms with E-state index in [1.165, 1.54) is 6.07 Å². The van der Waals surface area contributed by atoms with Crippen LogP contribution in [-0.2, 0) is 16.1 Å². The standard InChI is InChI=1S/C26H32F2O3/c1-3-5-7-19-10-15-24(30-17-19)31-18-20-8-11-21(12-9-20)22-13-14-23(26(28)25(22)27)29-16-6-4-2/h3,8-9,11-14,19,24H,1,4-7,10,15-18H2,2H3. The molecule has 168 valence electrons. The molecule has 0 aliphatic carbocycles. The van der Waals surface area contributed by atoms with Crippen LogP contribution in [0.25, 0.3) is 11.1 Å². The highest BCUT2D eigenvalue weighted by Gasteiger charge is 2.21. The third-order valence-electron chi connectivity index (χ3n) is 5.61. The second kappa shape index (κ2) is 12.0. The molecule has 0 aromatic heterocycles. The van der Waals surface area contributed by atoms with Crippen molar-refractivity contribution in [3.8, 4) is 16.9 Å². The zero-order valence-corrected chi connectivity index (χ0v) is 18.2. The molecule has 1 saturated heterocycles. The first kappa shape index (κ1) is 23.4. The van der Waals surface area contributed by atoms with Gasteiger partial charge in [-0.25, -0.2) is 4.39 Å². The number of hydrogen-bond acceptors (Lipinski definition) is 3. The summed E-state index contributed by atoms with van der Waals surface area (Å²) in [6.45, 7) is 7.30. The van der Waals surface area contributed by atoms with Crippen molar-refractivity contribution >= 4 is 0 Å². The minimum absolute atomic E-state index is 0.0427. The van der Waals surface area contributed by atoms with E-state index in [2.05, 4.69) is 6.58 Å². The van der Waals surface area contributed by atoms with Gasteiger partial charge in [-0.15, -0.1) is 6.58 Å². The number of rotatable bonds is 11. The highest BCUT2D eigenvalue weighted by Crippen LogP contribution is 2.30. The molecule has 0 saturated carbocycles. The highest BCUT2D eigenvalue weighted by atomic mass is 19.2. The van der Waals surface area contributed by atoms with Gasteiger partial charge in [-0.05, 0) is 61.3 Å². The Labute approximate surface area is 184 Å². The Balaban J connectivity index is 1.53. The molecule has 3 nitrogen and oxygen atoms in total. The lowest BCUT2D eigenvalue weighted by Gasteiger charge is -2.28. The fourth-order valence-electron chi connectivity index (χ4n) is 3.66. The molecule has 1 aliphatic heterocycles. The molecule has 1 heterocycles. The molecule has 5 heteroatoms. The minimum Gasteiger partial charge on any atom is -0.490 e. The third-order valence-corrected chi connectivity index (χ3v) is 5.61. The van der Waals surface area contributed by atoms with E-state index < -0.39 is 11.6 Å². The maximum Gasteiger partial charge on any atom is 0.201 e. The molecule has 2 aromatic carbocycles. The highest BCUT2D eigenvalue weighted by molar-refractivity contribution is 5.65. The first-order valence-electron chi connectivity index (χ1n) is 11.2. The zero-order chi connectivity index (χ0) is 22.1. The van der Waals surface area contributed by atoms with Crippen molar-refractivity contribution in [3.63, 3.8) is 0 Å². The summed E-state index contributed by atoms with van der Waals surface area (Å²) < 4.78 is 45.9. The Morgan fingerprint density at radius 1 is 1.10 bits per heavy atom. The van der Waals surface area contributed by atoms with Crippen molar-refractivity contribution in [2.24, 2.45) is 5.92 Å². The molecule has 0 radical (unpaired) electrons. The number of hydrogen-bond donors (Lipinski definition) is 0. The summed E-state index contributed by atoms with van der Waals surface area (Å²) in [7, 11) is 0. The van der Waals surface area contributed by atoms with Crippen LogP contribution in [-0.4, -0.2) is 19.5 Å². The van der Waals surface area contributed by atoms with Crippen LogP contribution in [0.2, 0.25) is 0 Å². The topological polar surface area (TPSA) is 27.7 Å². The molecule has 1 fully saturated rings. The second-order valence-electron chi connectivity index (χ2n) is 8.02. The van der Waals surface area contributed by atoms with Crippen LogP contribution in [0, 0.1) is 17.6 Å². The lowest BCUT2D eigenvalue weighted by molar-refractivity contribution is -0.181. The number of allylic oxidation sites excluding steroid dienone is 1. The largest absolute Gasteiger partial charge is 0.490 e. The molecule has 31 heavy (non-hydrogen) atoms. The molecule has 3 rings (SSSR count). The molecule has 2 unspecified atom stereocenters. The van der Waals surface area contributed by atoms with E-state index in [0.29, 0.717) is 24.7 Å². The number of halogens is 2. The normalized spacial score (nSPS) is 18.7. The zero-order valence-electron chi connectivity index (χ0n) is 18.2. The Bertz CT molecular complexity index is 827. The Morgan fingerprint density at radius 3 is 2.58 bits per heavy atom. The average Bonchev–Trinajstić information content (AvgIpc) is 2.80. The van der Waals surface area contributed by atoms with Crippen molar-refractivity contribution in [1.82, 2.24) is 0 Å². The van der Waals surface area contributed by atoms with E-state index in [0.717, 1.165) is 50.7 Å². The van der Waals surface area contributed by atoms with E-state index in [-0.39, 0.29) is 17.6 Å². The van der Waals surface area contributed by atoms with Crippen molar-refractivity contribution in [2.75, 3.05) is 13.2 Å². The summed E-state index contributed by atoms with van der Waals surface area (Å²) in [6, 6.07) is 10.3. The van der Waals surface area contributed by atoms with Gasteiger partial charge >= 0.3 is 0 Å². The third kappa shape index (κ3) is 6.62. The van der Waals surface area contributed by atoms with E-state index in [1.807, 2.05) is 25.1 Å². The van der Waals surface area contributed by atoms with Gasteiger partial charge in [0.05, 0.1) is 19.8 Å². The summed E-state index contributed by atoms with van der Waals surface area (Å²) in [5.41, 5.74) is 1.79. The van der Waals surface area contributed by atoms with Crippen LogP contribution in [0.4, 0.5) is 8.78 Å². The monoisotopic (exact) mass is 430 g/mol. The lowest BCUT2D eigenvalue weighted by atomic mass is 9.96. The SMILES string of the molecule is C=CCCC1CCC(OCc2ccc(-c3ccc(OCCCC)c(F)c3F)cc2)OC1. The second-order valence-corrected chi connectivity index (χ2v) is 8.02. The number of unbranched alkanes of at least 4 members (excludes halogenated alkanes) is 1. The van der Waals surface area contributed by atoms with Crippen LogP contribution in [0.3, 0.4) is 0 Å². The summed E-state index contributed by atoms with van der Waals surface area (Å²) in [4.78, 5) is 0. The molecule has 2 aromatic rings. The van der Waals surface area contributed by atoms with Gasteiger partial charge in [0.25, 0.3) is 0 Å². The minimum atomic E-state index is -0.943. The van der Waals surface area contributed by atoms with Crippen LogP contribution in [0.15, 0.2) is 49.1 Å². The Hall–Kier alpha value is -2.24. The number of benzene rings is 2. The predicted octanol–water partition coefficient (Wildman–Crippen LogP) is 7.05. The van der Waals surface area contributed by atoms with Gasteiger partial charge in [0.2, 0.25) is 5.82 Å². The fraction of sp³-hybridized carbons (Fsp3) is 0.462. The summed E-state index contributed by atoms with van der Waals surface area (Å²) in [5.74, 6) is -1.30. The molecule has 1 aliphatic rings. The van der Waals surface area contributed by atoms with Crippen LogP contribution < -0.4 is 4.74 Å². The predicted molar refractivity (Wildman–Crippen MR) is 119 cm³/mol. The van der Waals surface area contributed by atoms with Gasteiger partial charge < -0.3 is 14.2 Å². The maximum absolute atomic E-state index is 14.6. The summed E-state index contributed by atoms with van der Waals surface area (Å²) in [6.07, 6.45) is 7.60. The Morgan fingerprint density at radius 2 is 1.90 bits per heavy atom. The van der Waals surface area contributed by atoms with Crippen molar-refractivity contribution in [1.29, 1.82) is 0 Å². The van der Waals surface area contributed by atoms with Gasteiger partial charge in [-0.3, -0.25) is 0 Å². The molecule has 0 N–H and O–H groups in total. The molecular formula is C26H32F2O3. The van der Waals surface area contributed by atoms with Crippen molar-refractivity contribution in [3.05, 3.63) is 66.3 Å². The van der Waals surface area contributed by atoms with Crippen molar-refractivity contribution < 1.29 is 23.0 Å². The van der Waals surface area contributed by atoms with Crippen molar-refractivity contribution in [2.45, 2.75) is 58.3 Å². The van der Waals surface area contributed by atoms with Gasteiger partial charge in [0, 0.05) is 5.56 Å². The summed E-state index contributed by atoms with van der Waals surface area (Å²) in [5, 5.41) is 0. The first-order chi connectivity index (χ1) is 15.1. The van der Waals surface area contributed by atoms with Gasteiger partial charge in [-0.1, -0.05) is 43.7 Å². The van der Waals surface area contributed by atoms with Gasteiger partial charge in [0.15, 0.2) is 17.9 Å². The van der Waals surface area contributed by atoms with E-state index >= 15 is 0 Å². The van der Waals surface area contributed by atoms with E-state index in [9.17, 15) is 8.78 Å². The maximum atomic E-state index is 14.6. The fourth-order valence-corrected chi connectivity index (χ4v) is 3.66. The van der Waals surface area contributed by atoms with Crippen LogP contribution >= 0.6 is 0 Å². The number of ether oxygens (including phenoxy) is 3. The first-order valence-corrected chi connectivity index (χ1v) is 11.2. The van der Waals surface area contributed by atoms with Gasteiger partial charge in [-0.2, -0.15) is 4.39 Å². The van der Waals surface area contributed by atoms with Crippen LogP contribution in [0.5, 0.6) is 5.75 Å². The average molecular weight is 431 g/mol. The molecule has 2 atom stereocenters. The molecule has 0 spiro atoms. The Kier molecular flexibility index (Phi) is 9.04. The summed E-state index contributed by atoms with van der Waals surface area (Å²) >= 11 is 0. The van der Waals surface area contributed by atoms with E-state index in [1.54, 1.807) is 18.2 Å². The van der Waals surface area contributed by atoms with Gasteiger partial charge in [0.1, 0.15) is 0 Å². The molecular weight excluding hydrogens is 398 g/mol. The molecule has 0 bridgehead atoms. The molecule has 0 amide bonds. The quantitative estimate of drug-likeness (QED) is 0.282. The smallest absolute Gasteiger partial charge is 0.201 e. The van der Waals surface area contributed by atoms with Crippen LogP contribution in [0.1, 0.15) is 51.0 Å².